The van der Waals surface area contributed by atoms with Gasteiger partial charge in [-0.15, -0.1) is 0 Å². The summed E-state index contributed by atoms with van der Waals surface area (Å²) in [4.78, 5) is 11.5. The predicted molar refractivity (Wildman–Crippen MR) is 93.9 cm³/mol. The van der Waals surface area contributed by atoms with Crippen LogP contribution in [-0.2, 0) is 6.42 Å². The number of aliphatic hydroxyl groups is 1. The highest BCUT2D eigenvalue weighted by Crippen LogP contribution is 2.20. The van der Waals surface area contributed by atoms with Crippen LogP contribution < -0.4 is 9.47 Å². The zero-order valence-corrected chi connectivity index (χ0v) is 14.0. The van der Waals surface area contributed by atoms with E-state index in [1.54, 1.807) is 24.3 Å². The smallest absolute Gasteiger partial charge is 0.188 e. The summed E-state index contributed by atoms with van der Waals surface area (Å²) in [7, 11) is 0. The van der Waals surface area contributed by atoms with E-state index in [4.69, 9.17) is 14.6 Å². The largest absolute Gasteiger partial charge is 0.493 e. The summed E-state index contributed by atoms with van der Waals surface area (Å²) < 4.78 is 11.5. The number of hydrogen-bond donors (Lipinski definition) is 1. The van der Waals surface area contributed by atoms with Gasteiger partial charge in [0.25, 0.3) is 0 Å². The summed E-state index contributed by atoms with van der Waals surface area (Å²) in [5, 5.41) is 8.89. The molecule has 0 saturated carbocycles. The van der Waals surface area contributed by atoms with Crippen LogP contribution in [0.25, 0.3) is 0 Å². The van der Waals surface area contributed by atoms with Crippen LogP contribution >= 0.6 is 0 Å². The second-order valence-corrected chi connectivity index (χ2v) is 5.52. The number of benzene rings is 2. The second-order valence-electron chi connectivity index (χ2n) is 5.52. The predicted octanol–water partition coefficient (Wildman–Crippen LogP) is 3.66. The molecular weight excluding hydrogens is 304 g/mol. The molecule has 0 aliphatic rings. The first kappa shape index (κ1) is 18.0. The van der Waals surface area contributed by atoms with E-state index in [1.807, 2.05) is 18.2 Å². The van der Waals surface area contributed by atoms with Crippen molar-refractivity contribution in [2.24, 2.45) is 0 Å². The number of hydrogen-bond acceptors (Lipinski definition) is 4. The molecule has 0 spiro atoms. The minimum absolute atomic E-state index is 0.309. The highest BCUT2D eigenvalue weighted by atomic mass is 16.5. The van der Waals surface area contributed by atoms with Crippen molar-refractivity contribution in [1.82, 2.24) is 0 Å². The monoisotopic (exact) mass is 328 g/mol. The zero-order chi connectivity index (χ0) is 17.2. The Labute approximate surface area is 143 Å². The van der Waals surface area contributed by atoms with Gasteiger partial charge in [-0.1, -0.05) is 43.7 Å². The zero-order valence-electron chi connectivity index (χ0n) is 14.0. The molecule has 2 aromatic carbocycles. The molecule has 0 radical (unpaired) electrons. The molecule has 0 fully saturated rings. The van der Waals surface area contributed by atoms with Gasteiger partial charge >= 0.3 is 0 Å². The van der Waals surface area contributed by atoms with Crippen LogP contribution in [0, 0.1) is 0 Å². The molecule has 0 atom stereocenters. The summed E-state index contributed by atoms with van der Waals surface area (Å²) in [5.41, 5.74) is 1.69. The summed E-state index contributed by atoms with van der Waals surface area (Å²) in [6.07, 6.45) is 2.85. The van der Waals surface area contributed by atoms with E-state index in [1.165, 1.54) is 5.56 Å². The van der Waals surface area contributed by atoms with Crippen LogP contribution in [0.2, 0.25) is 0 Å². The van der Waals surface area contributed by atoms with Crippen molar-refractivity contribution in [3.63, 3.8) is 0 Å². The van der Waals surface area contributed by atoms with Crippen molar-refractivity contribution in [1.29, 1.82) is 0 Å². The molecule has 0 aromatic heterocycles. The molecule has 0 aliphatic heterocycles. The number of aryl methyl sites for hydroxylation is 1. The number of rotatable bonds is 10. The van der Waals surface area contributed by atoms with Crippen molar-refractivity contribution >= 4 is 5.78 Å². The Bertz CT molecular complexity index is 652. The van der Waals surface area contributed by atoms with Gasteiger partial charge < -0.3 is 14.6 Å². The van der Waals surface area contributed by atoms with Crippen LogP contribution in [0.5, 0.6) is 11.5 Å². The lowest BCUT2D eigenvalue weighted by molar-refractivity contribution is 0.0903. The van der Waals surface area contributed by atoms with Crippen molar-refractivity contribution in [2.45, 2.75) is 26.2 Å². The Balaban J connectivity index is 1.77. The molecule has 2 aromatic rings. The van der Waals surface area contributed by atoms with Crippen molar-refractivity contribution in [2.75, 3.05) is 19.8 Å². The molecule has 128 valence electrons. The Morgan fingerprint density at radius 2 is 1.83 bits per heavy atom. The fraction of sp³-hybridized carbons (Fsp3) is 0.350. The molecule has 0 amide bonds. The Morgan fingerprint density at radius 1 is 1.04 bits per heavy atom. The quantitative estimate of drug-likeness (QED) is 0.534. The average Bonchev–Trinajstić information content (AvgIpc) is 2.62. The highest BCUT2D eigenvalue weighted by Gasteiger charge is 2.05. The van der Waals surface area contributed by atoms with Gasteiger partial charge in [0.1, 0.15) is 18.1 Å². The number of aliphatic hydroxyl groups excluding tert-OH is 1. The van der Waals surface area contributed by atoms with E-state index >= 15 is 0 Å². The Hall–Kier alpha value is -2.33. The van der Waals surface area contributed by atoms with Gasteiger partial charge in [-0.2, -0.15) is 0 Å². The molecule has 24 heavy (non-hydrogen) atoms. The van der Waals surface area contributed by atoms with Crippen LogP contribution in [0.4, 0.5) is 0 Å². The Morgan fingerprint density at radius 3 is 2.62 bits per heavy atom. The number of ether oxygens (including phenoxy) is 2. The fourth-order valence-corrected chi connectivity index (χ4v) is 2.40. The number of para-hydroxylation sites is 1. The summed E-state index contributed by atoms with van der Waals surface area (Å²) in [5.74, 6) is 1.26. The van der Waals surface area contributed by atoms with Gasteiger partial charge in [0.15, 0.2) is 5.78 Å². The summed E-state index contributed by atoms with van der Waals surface area (Å²) in [6.45, 7) is 2.75. The minimum Gasteiger partial charge on any atom is -0.493 e. The molecule has 4 heteroatoms. The molecule has 4 nitrogen and oxygen atoms in total. The van der Waals surface area contributed by atoms with Gasteiger partial charge in [0, 0.05) is 12.0 Å². The van der Waals surface area contributed by atoms with E-state index in [0.29, 0.717) is 24.5 Å². The van der Waals surface area contributed by atoms with Crippen LogP contribution in [-0.4, -0.2) is 30.7 Å². The topological polar surface area (TPSA) is 55.8 Å². The maximum atomic E-state index is 11.5. The van der Waals surface area contributed by atoms with Gasteiger partial charge in [-0.25, -0.2) is 0 Å². The van der Waals surface area contributed by atoms with Crippen molar-refractivity contribution < 1.29 is 19.4 Å². The SMILES string of the molecule is CCCc1ccccc1OCCCOc1cccc(C(=O)CO)c1. The number of Topliss-reactive ketones (excluding diaryl/α,β-unsaturated/α-hetero) is 1. The van der Waals surface area contributed by atoms with Gasteiger partial charge in [-0.3, -0.25) is 4.79 Å². The third kappa shape index (κ3) is 5.39. The van der Waals surface area contributed by atoms with E-state index in [2.05, 4.69) is 13.0 Å². The fourth-order valence-electron chi connectivity index (χ4n) is 2.40. The molecule has 0 bridgehead atoms. The van der Waals surface area contributed by atoms with E-state index in [-0.39, 0.29) is 5.78 Å². The lowest BCUT2D eigenvalue weighted by Gasteiger charge is -2.11. The van der Waals surface area contributed by atoms with E-state index in [0.717, 1.165) is 25.0 Å². The molecule has 2 rings (SSSR count). The maximum Gasteiger partial charge on any atom is 0.188 e. The van der Waals surface area contributed by atoms with Crippen molar-refractivity contribution in [3.05, 3.63) is 59.7 Å². The first-order chi connectivity index (χ1) is 11.7. The van der Waals surface area contributed by atoms with E-state index < -0.39 is 6.61 Å². The average molecular weight is 328 g/mol. The maximum absolute atomic E-state index is 11.5. The van der Waals surface area contributed by atoms with Crippen LogP contribution in [0.3, 0.4) is 0 Å². The molecule has 0 unspecified atom stereocenters. The number of carbonyl (C=O) groups is 1. The second kappa shape index (κ2) is 9.73. The number of ketones is 1. The first-order valence-corrected chi connectivity index (χ1v) is 8.32. The normalized spacial score (nSPS) is 10.4. The van der Waals surface area contributed by atoms with Crippen molar-refractivity contribution in [3.8, 4) is 11.5 Å². The lowest BCUT2D eigenvalue weighted by Crippen LogP contribution is -2.07. The summed E-state index contributed by atoms with van der Waals surface area (Å²) >= 11 is 0. The highest BCUT2D eigenvalue weighted by molar-refractivity contribution is 5.97. The number of carbonyl (C=O) groups excluding carboxylic acids is 1. The molecule has 0 saturated heterocycles. The lowest BCUT2D eigenvalue weighted by atomic mass is 10.1. The molecular formula is C20H24O4. The third-order valence-electron chi connectivity index (χ3n) is 3.61. The summed E-state index contributed by atoms with van der Waals surface area (Å²) in [6, 6.07) is 15.0. The van der Waals surface area contributed by atoms with Gasteiger partial charge in [-0.05, 0) is 30.2 Å². The Kier molecular flexibility index (Phi) is 7.30. The molecule has 0 aliphatic carbocycles. The van der Waals surface area contributed by atoms with Gasteiger partial charge in [0.2, 0.25) is 0 Å². The first-order valence-electron chi connectivity index (χ1n) is 8.32. The van der Waals surface area contributed by atoms with E-state index in [9.17, 15) is 4.79 Å². The minimum atomic E-state index is -0.492. The van der Waals surface area contributed by atoms with Crippen LogP contribution in [0.1, 0.15) is 35.7 Å². The third-order valence-corrected chi connectivity index (χ3v) is 3.61. The standard InChI is InChI=1S/C20H24O4/c1-2-7-16-8-3-4-11-20(16)24-13-6-12-23-18-10-5-9-17(14-18)19(22)15-21/h3-5,8-11,14,21H,2,6-7,12-13,15H2,1H3. The van der Waals surface area contributed by atoms with Crippen LogP contribution in [0.15, 0.2) is 48.5 Å². The van der Waals surface area contributed by atoms with Gasteiger partial charge in [0.05, 0.1) is 13.2 Å². The molecule has 0 heterocycles. The molecule has 1 N–H and O–H groups in total.